The van der Waals surface area contributed by atoms with Gasteiger partial charge >= 0.3 is 0 Å². The molecule has 1 N–H and O–H groups in total. The Morgan fingerprint density at radius 2 is 1.89 bits per heavy atom. The maximum atomic E-state index is 4.61. The first-order chi connectivity index (χ1) is 9.11. The molecule has 0 aliphatic rings. The Morgan fingerprint density at radius 3 is 2.47 bits per heavy atom. The number of nitrogens with one attached hydrogen (secondary N) is 1. The van der Waals surface area contributed by atoms with Crippen molar-refractivity contribution in [3.63, 3.8) is 0 Å². The highest BCUT2D eigenvalue weighted by molar-refractivity contribution is 5.33. The second kappa shape index (κ2) is 5.93. The minimum absolute atomic E-state index is 0.110. The fourth-order valence-electron chi connectivity index (χ4n) is 2.25. The van der Waals surface area contributed by atoms with Crippen molar-refractivity contribution < 1.29 is 0 Å². The van der Waals surface area contributed by atoms with Crippen LogP contribution in [0.1, 0.15) is 41.0 Å². The van der Waals surface area contributed by atoms with Gasteiger partial charge in [-0.1, -0.05) is 19.1 Å². The summed E-state index contributed by atoms with van der Waals surface area (Å²) in [4.78, 5) is 8.99. The molecule has 0 fully saturated rings. The number of nitrogens with zero attached hydrogens (tertiary/aromatic N) is 2. The van der Waals surface area contributed by atoms with Crippen LogP contribution in [0.2, 0.25) is 0 Å². The summed E-state index contributed by atoms with van der Waals surface area (Å²) in [6, 6.07) is 6.45. The zero-order valence-corrected chi connectivity index (χ0v) is 12.1. The van der Waals surface area contributed by atoms with E-state index in [2.05, 4.69) is 48.2 Å². The zero-order valence-electron chi connectivity index (χ0n) is 12.1. The molecule has 0 radical (unpaired) electrons. The number of hydrogen-bond donors (Lipinski definition) is 1. The van der Waals surface area contributed by atoms with Gasteiger partial charge in [-0.3, -0.25) is 9.97 Å². The third-order valence-corrected chi connectivity index (χ3v) is 3.20. The number of hydrogen-bond acceptors (Lipinski definition) is 3. The van der Waals surface area contributed by atoms with E-state index in [1.165, 1.54) is 11.1 Å². The second-order valence-corrected chi connectivity index (χ2v) is 4.94. The van der Waals surface area contributed by atoms with E-state index in [0.29, 0.717) is 0 Å². The van der Waals surface area contributed by atoms with E-state index in [4.69, 9.17) is 0 Å². The van der Waals surface area contributed by atoms with Gasteiger partial charge in [-0.15, -0.1) is 0 Å². The summed E-state index contributed by atoms with van der Waals surface area (Å²) in [6.45, 7) is 9.19. The third kappa shape index (κ3) is 3.18. The van der Waals surface area contributed by atoms with Gasteiger partial charge in [0.05, 0.1) is 11.7 Å². The summed E-state index contributed by atoms with van der Waals surface area (Å²) in [5, 5.41) is 3.49. The van der Waals surface area contributed by atoms with Gasteiger partial charge in [0.15, 0.2) is 0 Å². The van der Waals surface area contributed by atoms with E-state index in [-0.39, 0.29) is 6.04 Å². The quantitative estimate of drug-likeness (QED) is 0.912. The summed E-state index contributed by atoms with van der Waals surface area (Å²) in [6.07, 6.45) is 3.86. The summed E-state index contributed by atoms with van der Waals surface area (Å²) in [5.41, 5.74) is 5.68. The molecule has 0 spiro atoms. The van der Waals surface area contributed by atoms with Gasteiger partial charge in [-0.05, 0) is 50.1 Å². The molecular weight excluding hydrogens is 234 g/mol. The highest BCUT2D eigenvalue weighted by atomic mass is 14.9. The molecule has 2 heterocycles. The van der Waals surface area contributed by atoms with Crippen LogP contribution >= 0.6 is 0 Å². The monoisotopic (exact) mass is 255 g/mol. The molecule has 2 aromatic rings. The van der Waals surface area contributed by atoms with Crippen LogP contribution in [-0.2, 0) is 0 Å². The minimum Gasteiger partial charge on any atom is -0.305 e. The van der Waals surface area contributed by atoms with Gasteiger partial charge in [0.2, 0.25) is 0 Å². The Bertz CT molecular complexity index is 546. The predicted molar refractivity (Wildman–Crippen MR) is 78.2 cm³/mol. The van der Waals surface area contributed by atoms with Crippen molar-refractivity contribution in [1.82, 2.24) is 15.3 Å². The molecule has 0 aromatic carbocycles. The molecule has 2 rings (SSSR count). The maximum absolute atomic E-state index is 4.61. The van der Waals surface area contributed by atoms with Crippen molar-refractivity contribution in [1.29, 1.82) is 0 Å². The molecule has 0 saturated heterocycles. The Kier molecular flexibility index (Phi) is 4.27. The number of rotatable bonds is 4. The molecule has 0 saturated carbocycles. The van der Waals surface area contributed by atoms with Gasteiger partial charge in [0.25, 0.3) is 0 Å². The van der Waals surface area contributed by atoms with Crippen molar-refractivity contribution in [2.24, 2.45) is 0 Å². The molecule has 1 unspecified atom stereocenters. The van der Waals surface area contributed by atoms with E-state index in [1.54, 1.807) is 0 Å². The van der Waals surface area contributed by atoms with Gasteiger partial charge in [0, 0.05) is 18.1 Å². The van der Waals surface area contributed by atoms with Crippen LogP contribution in [0, 0.1) is 20.8 Å². The highest BCUT2D eigenvalue weighted by Crippen LogP contribution is 2.23. The van der Waals surface area contributed by atoms with Crippen LogP contribution < -0.4 is 5.32 Å². The highest BCUT2D eigenvalue weighted by Gasteiger charge is 2.16. The molecular formula is C16H21N3. The topological polar surface area (TPSA) is 37.8 Å². The summed E-state index contributed by atoms with van der Waals surface area (Å²) >= 11 is 0. The van der Waals surface area contributed by atoms with Crippen LogP contribution in [0.25, 0.3) is 0 Å². The maximum Gasteiger partial charge on any atom is 0.0768 e. The van der Waals surface area contributed by atoms with Crippen molar-refractivity contribution >= 4 is 0 Å². The molecule has 0 bridgehead atoms. The van der Waals surface area contributed by atoms with E-state index in [1.807, 2.05) is 25.4 Å². The average Bonchev–Trinajstić information content (AvgIpc) is 2.38. The first kappa shape index (κ1) is 13.7. The van der Waals surface area contributed by atoms with Crippen molar-refractivity contribution in [3.8, 4) is 0 Å². The number of aromatic nitrogens is 2. The molecule has 0 aliphatic carbocycles. The second-order valence-electron chi connectivity index (χ2n) is 4.94. The largest absolute Gasteiger partial charge is 0.305 e. The summed E-state index contributed by atoms with van der Waals surface area (Å²) in [5.74, 6) is 0. The van der Waals surface area contributed by atoms with Gasteiger partial charge in [-0.2, -0.15) is 0 Å². The fourth-order valence-corrected chi connectivity index (χ4v) is 2.25. The van der Waals surface area contributed by atoms with Crippen LogP contribution in [0.15, 0.2) is 30.6 Å². The van der Waals surface area contributed by atoms with Crippen molar-refractivity contribution in [3.05, 3.63) is 58.7 Å². The van der Waals surface area contributed by atoms with Crippen molar-refractivity contribution in [2.75, 3.05) is 6.54 Å². The first-order valence-corrected chi connectivity index (χ1v) is 6.71. The predicted octanol–water partition coefficient (Wildman–Crippen LogP) is 3.10. The molecule has 3 heteroatoms. The molecule has 0 amide bonds. The van der Waals surface area contributed by atoms with E-state index < -0.39 is 0 Å². The Morgan fingerprint density at radius 1 is 1.11 bits per heavy atom. The lowest BCUT2D eigenvalue weighted by Crippen LogP contribution is -2.24. The van der Waals surface area contributed by atoms with E-state index in [9.17, 15) is 0 Å². The van der Waals surface area contributed by atoms with Crippen LogP contribution in [0.3, 0.4) is 0 Å². The standard InChI is InChI=1S/C16H21N3/c1-5-17-16(14-7-6-13(4)18-10-14)15-12(3)8-11(2)9-19-15/h6-10,16-17H,5H2,1-4H3. The Labute approximate surface area is 115 Å². The third-order valence-electron chi connectivity index (χ3n) is 3.20. The van der Waals surface area contributed by atoms with Gasteiger partial charge in [0.1, 0.15) is 0 Å². The molecule has 0 aliphatic heterocycles. The lowest BCUT2D eigenvalue weighted by atomic mass is 10.0. The van der Waals surface area contributed by atoms with E-state index in [0.717, 1.165) is 23.5 Å². The van der Waals surface area contributed by atoms with Crippen LogP contribution in [-0.4, -0.2) is 16.5 Å². The lowest BCUT2D eigenvalue weighted by molar-refractivity contribution is 0.609. The SMILES string of the molecule is CCNC(c1ccc(C)nc1)c1ncc(C)cc1C. The Balaban J connectivity index is 2.41. The molecule has 3 nitrogen and oxygen atoms in total. The smallest absolute Gasteiger partial charge is 0.0768 e. The molecule has 2 aromatic heterocycles. The van der Waals surface area contributed by atoms with Gasteiger partial charge in [-0.25, -0.2) is 0 Å². The average molecular weight is 255 g/mol. The van der Waals surface area contributed by atoms with Crippen molar-refractivity contribution in [2.45, 2.75) is 33.7 Å². The molecule has 100 valence electrons. The van der Waals surface area contributed by atoms with Gasteiger partial charge < -0.3 is 5.32 Å². The normalized spacial score (nSPS) is 12.4. The van der Waals surface area contributed by atoms with Crippen LogP contribution in [0.5, 0.6) is 0 Å². The van der Waals surface area contributed by atoms with E-state index >= 15 is 0 Å². The zero-order chi connectivity index (χ0) is 13.8. The molecule has 19 heavy (non-hydrogen) atoms. The summed E-state index contributed by atoms with van der Waals surface area (Å²) in [7, 11) is 0. The minimum atomic E-state index is 0.110. The number of pyridine rings is 2. The summed E-state index contributed by atoms with van der Waals surface area (Å²) < 4.78 is 0. The molecule has 1 atom stereocenters. The van der Waals surface area contributed by atoms with Crippen LogP contribution in [0.4, 0.5) is 0 Å². The Hall–Kier alpha value is -1.74. The lowest BCUT2D eigenvalue weighted by Gasteiger charge is -2.20. The number of aryl methyl sites for hydroxylation is 3. The first-order valence-electron chi connectivity index (χ1n) is 6.71. The fraction of sp³-hybridized carbons (Fsp3) is 0.375.